The fraction of sp³-hybridized carbons (Fsp3) is 0.0588. The topological polar surface area (TPSA) is 64.1 Å². The van der Waals surface area contributed by atoms with Crippen molar-refractivity contribution in [2.75, 3.05) is 0 Å². The number of nitrogens with one attached hydrogen (secondary N) is 1. The standard InChI is InChI=1S/C17H14N2O3/c20-16-10-11-19(17(21)18-16)12-13-6-8-15(9-7-13)22-14-4-2-1-3-5-14/h1-11H,12H2,(H,18,20,21). The highest BCUT2D eigenvalue weighted by Gasteiger charge is 2.00. The molecule has 2 aromatic carbocycles. The van der Waals surface area contributed by atoms with Gasteiger partial charge in [0.25, 0.3) is 5.56 Å². The highest BCUT2D eigenvalue weighted by molar-refractivity contribution is 5.33. The molecular formula is C17H14N2O3. The van der Waals surface area contributed by atoms with E-state index in [2.05, 4.69) is 4.98 Å². The summed E-state index contributed by atoms with van der Waals surface area (Å²) in [5.41, 5.74) is 0.125. The van der Waals surface area contributed by atoms with E-state index in [0.717, 1.165) is 17.1 Å². The number of ether oxygens (including phenoxy) is 1. The predicted molar refractivity (Wildman–Crippen MR) is 83.4 cm³/mol. The third kappa shape index (κ3) is 3.32. The number of rotatable bonds is 4. The Bertz CT molecular complexity index is 865. The van der Waals surface area contributed by atoms with Crippen molar-refractivity contribution in [2.24, 2.45) is 0 Å². The van der Waals surface area contributed by atoms with E-state index in [4.69, 9.17) is 4.74 Å². The van der Waals surface area contributed by atoms with Gasteiger partial charge in [-0.25, -0.2) is 4.79 Å². The van der Waals surface area contributed by atoms with E-state index in [1.165, 1.54) is 16.8 Å². The Labute approximate surface area is 126 Å². The lowest BCUT2D eigenvalue weighted by Crippen LogP contribution is -2.28. The number of aromatic nitrogens is 2. The van der Waals surface area contributed by atoms with Gasteiger partial charge in [0.15, 0.2) is 0 Å². The summed E-state index contributed by atoms with van der Waals surface area (Å²) in [6, 6.07) is 18.3. The maximum absolute atomic E-state index is 11.6. The molecule has 5 nitrogen and oxygen atoms in total. The molecule has 0 radical (unpaired) electrons. The van der Waals surface area contributed by atoms with Crippen LogP contribution in [0.5, 0.6) is 11.5 Å². The van der Waals surface area contributed by atoms with Crippen molar-refractivity contribution in [3.8, 4) is 11.5 Å². The Morgan fingerprint density at radius 1 is 0.864 bits per heavy atom. The van der Waals surface area contributed by atoms with Gasteiger partial charge < -0.3 is 4.74 Å². The average molecular weight is 294 g/mol. The molecule has 110 valence electrons. The van der Waals surface area contributed by atoms with Crippen LogP contribution in [0.1, 0.15) is 5.56 Å². The van der Waals surface area contributed by atoms with Gasteiger partial charge in [-0.3, -0.25) is 14.3 Å². The van der Waals surface area contributed by atoms with Crippen molar-refractivity contribution in [1.29, 1.82) is 0 Å². The van der Waals surface area contributed by atoms with E-state index in [0.29, 0.717) is 6.54 Å². The molecule has 5 heteroatoms. The van der Waals surface area contributed by atoms with Gasteiger partial charge >= 0.3 is 5.69 Å². The zero-order valence-corrected chi connectivity index (χ0v) is 11.7. The Hall–Kier alpha value is -3.08. The Morgan fingerprint density at radius 3 is 2.23 bits per heavy atom. The van der Waals surface area contributed by atoms with E-state index in [-0.39, 0.29) is 0 Å². The average Bonchev–Trinajstić information content (AvgIpc) is 2.53. The lowest BCUT2D eigenvalue weighted by Gasteiger charge is -2.08. The molecule has 0 aliphatic carbocycles. The highest BCUT2D eigenvalue weighted by Crippen LogP contribution is 2.21. The predicted octanol–water partition coefficient (Wildman–Crippen LogP) is 2.38. The smallest absolute Gasteiger partial charge is 0.328 e. The zero-order valence-electron chi connectivity index (χ0n) is 11.7. The molecular weight excluding hydrogens is 280 g/mol. The number of hydrogen-bond donors (Lipinski definition) is 1. The molecule has 0 aliphatic rings. The first-order valence-electron chi connectivity index (χ1n) is 6.82. The molecule has 1 aromatic heterocycles. The maximum Gasteiger partial charge on any atom is 0.328 e. The Balaban J connectivity index is 1.74. The second kappa shape index (κ2) is 6.13. The summed E-state index contributed by atoms with van der Waals surface area (Å²) in [5, 5.41) is 0. The van der Waals surface area contributed by atoms with Crippen LogP contribution in [0.15, 0.2) is 76.4 Å². The van der Waals surface area contributed by atoms with E-state index in [9.17, 15) is 9.59 Å². The number of H-pyrrole nitrogens is 1. The van der Waals surface area contributed by atoms with Crippen molar-refractivity contribution in [1.82, 2.24) is 9.55 Å². The Kier molecular flexibility index (Phi) is 3.87. The van der Waals surface area contributed by atoms with Crippen LogP contribution in [-0.2, 0) is 6.54 Å². The molecule has 0 fully saturated rings. The van der Waals surface area contributed by atoms with Crippen LogP contribution in [0.4, 0.5) is 0 Å². The van der Waals surface area contributed by atoms with Crippen LogP contribution >= 0.6 is 0 Å². The minimum atomic E-state index is -0.419. The fourth-order valence-corrected chi connectivity index (χ4v) is 2.05. The van der Waals surface area contributed by atoms with Crippen molar-refractivity contribution in [3.05, 3.63) is 93.3 Å². The van der Waals surface area contributed by atoms with Gasteiger partial charge in [0.05, 0.1) is 6.54 Å². The van der Waals surface area contributed by atoms with Crippen molar-refractivity contribution in [3.63, 3.8) is 0 Å². The molecule has 0 spiro atoms. The molecule has 0 atom stereocenters. The van der Waals surface area contributed by atoms with Gasteiger partial charge in [-0.05, 0) is 29.8 Å². The third-order valence-electron chi connectivity index (χ3n) is 3.15. The van der Waals surface area contributed by atoms with Crippen molar-refractivity contribution >= 4 is 0 Å². The monoisotopic (exact) mass is 294 g/mol. The summed E-state index contributed by atoms with van der Waals surface area (Å²) in [4.78, 5) is 24.9. The van der Waals surface area contributed by atoms with Crippen molar-refractivity contribution in [2.45, 2.75) is 6.54 Å². The van der Waals surface area contributed by atoms with Crippen LogP contribution in [0, 0.1) is 0 Å². The molecule has 0 amide bonds. The minimum absolute atomic E-state index is 0.390. The first-order chi connectivity index (χ1) is 10.7. The summed E-state index contributed by atoms with van der Waals surface area (Å²) in [5.74, 6) is 1.50. The van der Waals surface area contributed by atoms with Crippen LogP contribution in [0.25, 0.3) is 0 Å². The summed E-state index contributed by atoms with van der Waals surface area (Å²) in [7, 11) is 0. The number of nitrogens with zero attached hydrogens (tertiary/aromatic N) is 1. The number of para-hydroxylation sites is 1. The molecule has 0 aliphatic heterocycles. The van der Waals surface area contributed by atoms with Gasteiger partial charge in [-0.2, -0.15) is 0 Å². The first-order valence-corrected chi connectivity index (χ1v) is 6.82. The maximum atomic E-state index is 11.6. The largest absolute Gasteiger partial charge is 0.457 e. The molecule has 1 heterocycles. The molecule has 0 saturated heterocycles. The third-order valence-corrected chi connectivity index (χ3v) is 3.15. The SMILES string of the molecule is O=c1ccn(Cc2ccc(Oc3ccccc3)cc2)c(=O)[nH]1. The van der Waals surface area contributed by atoms with Crippen LogP contribution in [0.3, 0.4) is 0 Å². The van der Waals surface area contributed by atoms with Crippen LogP contribution < -0.4 is 16.0 Å². The quantitative estimate of drug-likeness (QED) is 0.803. The number of aromatic amines is 1. The van der Waals surface area contributed by atoms with Crippen LogP contribution in [-0.4, -0.2) is 9.55 Å². The van der Waals surface area contributed by atoms with Gasteiger partial charge in [0, 0.05) is 12.3 Å². The normalized spacial score (nSPS) is 10.4. The van der Waals surface area contributed by atoms with Crippen molar-refractivity contribution < 1.29 is 4.74 Å². The summed E-state index contributed by atoms with van der Waals surface area (Å²) in [6.07, 6.45) is 1.48. The molecule has 1 N–H and O–H groups in total. The fourth-order valence-electron chi connectivity index (χ4n) is 2.05. The van der Waals surface area contributed by atoms with Gasteiger partial charge in [-0.1, -0.05) is 30.3 Å². The second-order valence-electron chi connectivity index (χ2n) is 4.80. The lowest BCUT2D eigenvalue weighted by molar-refractivity contribution is 0.482. The summed E-state index contributed by atoms with van der Waals surface area (Å²) < 4.78 is 7.15. The highest BCUT2D eigenvalue weighted by atomic mass is 16.5. The Morgan fingerprint density at radius 2 is 1.55 bits per heavy atom. The second-order valence-corrected chi connectivity index (χ2v) is 4.80. The van der Waals surface area contributed by atoms with E-state index < -0.39 is 11.2 Å². The van der Waals surface area contributed by atoms with Crippen LogP contribution in [0.2, 0.25) is 0 Å². The summed E-state index contributed by atoms with van der Waals surface area (Å²) >= 11 is 0. The minimum Gasteiger partial charge on any atom is -0.457 e. The van der Waals surface area contributed by atoms with E-state index in [1.807, 2.05) is 54.6 Å². The van der Waals surface area contributed by atoms with Gasteiger partial charge in [0.2, 0.25) is 0 Å². The summed E-state index contributed by atoms with van der Waals surface area (Å²) in [6.45, 7) is 0.390. The molecule has 0 unspecified atom stereocenters. The molecule has 0 saturated carbocycles. The molecule has 3 rings (SSSR count). The van der Waals surface area contributed by atoms with E-state index >= 15 is 0 Å². The zero-order chi connectivity index (χ0) is 15.4. The van der Waals surface area contributed by atoms with Gasteiger partial charge in [0.1, 0.15) is 11.5 Å². The van der Waals surface area contributed by atoms with Gasteiger partial charge in [-0.15, -0.1) is 0 Å². The van der Waals surface area contributed by atoms with E-state index in [1.54, 1.807) is 0 Å². The lowest BCUT2D eigenvalue weighted by atomic mass is 10.2. The molecule has 22 heavy (non-hydrogen) atoms. The number of hydrogen-bond acceptors (Lipinski definition) is 3. The molecule has 3 aromatic rings. The first kappa shape index (κ1) is 13.9. The molecule has 0 bridgehead atoms. The number of benzene rings is 2.